The van der Waals surface area contributed by atoms with Gasteiger partial charge < -0.3 is 20.2 Å². The van der Waals surface area contributed by atoms with Gasteiger partial charge in [0.15, 0.2) is 5.96 Å². The van der Waals surface area contributed by atoms with Gasteiger partial charge in [0.05, 0.1) is 18.6 Å². The van der Waals surface area contributed by atoms with Gasteiger partial charge in [-0.15, -0.1) is 24.0 Å². The van der Waals surface area contributed by atoms with Crippen LogP contribution in [0.5, 0.6) is 0 Å². The number of rotatable bonds is 5. The van der Waals surface area contributed by atoms with E-state index in [0.717, 1.165) is 56.8 Å². The fourth-order valence-corrected chi connectivity index (χ4v) is 4.15. The van der Waals surface area contributed by atoms with Crippen LogP contribution in [0, 0.1) is 0 Å². The number of amides is 1. The first-order valence-corrected chi connectivity index (χ1v) is 10.6. The van der Waals surface area contributed by atoms with Crippen LogP contribution in [0.4, 0.5) is 0 Å². The number of hydrogen-bond donors (Lipinski definition) is 2. The zero-order valence-corrected chi connectivity index (χ0v) is 20.2. The molecule has 1 saturated heterocycles. The molecule has 29 heavy (non-hydrogen) atoms. The van der Waals surface area contributed by atoms with Gasteiger partial charge in [-0.3, -0.25) is 9.79 Å². The predicted molar refractivity (Wildman–Crippen MR) is 128 cm³/mol. The Bertz CT molecular complexity index is 702. The second kappa shape index (κ2) is 11.4. The van der Waals surface area contributed by atoms with E-state index >= 15 is 0 Å². The summed E-state index contributed by atoms with van der Waals surface area (Å²) >= 11 is 6.01. The molecule has 0 bridgehead atoms. The van der Waals surface area contributed by atoms with Crippen molar-refractivity contribution in [3.05, 3.63) is 34.9 Å². The lowest BCUT2D eigenvalue weighted by Crippen LogP contribution is -2.54. The highest BCUT2D eigenvalue weighted by molar-refractivity contribution is 14.0. The molecule has 0 aromatic heterocycles. The zero-order valence-electron chi connectivity index (χ0n) is 17.1. The summed E-state index contributed by atoms with van der Waals surface area (Å²) in [5.41, 5.74) is 0.301. The number of benzene rings is 1. The third-order valence-corrected chi connectivity index (χ3v) is 5.80. The van der Waals surface area contributed by atoms with E-state index in [-0.39, 0.29) is 29.9 Å². The fraction of sp³-hybridized carbons (Fsp3) is 0.619. The Labute approximate surface area is 195 Å². The lowest BCUT2D eigenvalue weighted by atomic mass is 10.0. The van der Waals surface area contributed by atoms with Gasteiger partial charge in [0, 0.05) is 37.7 Å². The molecule has 2 aliphatic rings. The highest BCUT2D eigenvalue weighted by atomic mass is 127. The van der Waals surface area contributed by atoms with Gasteiger partial charge in [0.25, 0.3) is 0 Å². The first-order valence-electron chi connectivity index (χ1n) is 10.3. The summed E-state index contributed by atoms with van der Waals surface area (Å²) in [6, 6.07) is 7.47. The minimum Gasteiger partial charge on any atom is -0.388 e. The molecular formula is C21H32ClIN4O2. The van der Waals surface area contributed by atoms with Gasteiger partial charge in [-0.05, 0) is 37.5 Å². The molecule has 2 fully saturated rings. The third-order valence-electron chi connectivity index (χ3n) is 5.57. The first-order chi connectivity index (χ1) is 13.5. The largest absolute Gasteiger partial charge is 0.388 e. The Morgan fingerprint density at radius 2 is 1.86 bits per heavy atom. The number of hydrogen-bond acceptors (Lipinski definition) is 3. The Balaban J connectivity index is 0.00000300. The molecule has 8 heteroatoms. The molecule has 3 rings (SSSR count). The molecular weight excluding hydrogens is 503 g/mol. The molecule has 1 aromatic rings. The van der Waals surface area contributed by atoms with Gasteiger partial charge in [0.2, 0.25) is 5.91 Å². The molecule has 0 unspecified atom stereocenters. The zero-order chi connectivity index (χ0) is 20.0. The van der Waals surface area contributed by atoms with Crippen LogP contribution in [0.1, 0.15) is 38.2 Å². The molecule has 1 heterocycles. The monoisotopic (exact) mass is 534 g/mol. The summed E-state index contributed by atoms with van der Waals surface area (Å²) < 4.78 is 0. The summed E-state index contributed by atoms with van der Waals surface area (Å²) in [6.07, 6.45) is 4.21. The molecule has 1 aromatic carbocycles. The molecule has 6 nitrogen and oxygen atoms in total. The second-order valence-corrected chi connectivity index (χ2v) is 8.21. The average Bonchev–Trinajstić information content (AvgIpc) is 3.12. The summed E-state index contributed by atoms with van der Waals surface area (Å²) in [5, 5.41) is 14.6. The lowest BCUT2D eigenvalue weighted by molar-refractivity contribution is -0.131. The van der Waals surface area contributed by atoms with Crippen molar-refractivity contribution in [3.8, 4) is 0 Å². The smallest absolute Gasteiger partial charge is 0.227 e. The molecule has 0 radical (unpaired) electrons. The molecule has 162 valence electrons. The van der Waals surface area contributed by atoms with E-state index in [4.69, 9.17) is 16.6 Å². The quantitative estimate of drug-likeness (QED) is 0.346. The SMILES string of the molecule is CCNC(=NCC1(O)CCCC1)N1CCN(C(=O)Cc2cccc(Cl)c2)CC1.I. The van der Waals surface area contributed by atoms with Gasteiger partial charge in [-0.25, -0.2) is 0 Å². The van der Waals surface area contributed by atoms with E-state index in [1.165, 1.54) is 0 Å². The van der Waals surface area contributed by atoms with Crippen LogP contribution in [-0.2, 0) is 11.2 Å². The van der Waals surface area contributed by atoms with Crippen molar-refractivity contribution in [2.24, 2.45) is 4.99 Å². The van der Waals surface area contributed by atoms with E-state index in [9.17, 15) is 9.90 Å². The van der Waals surface area contributed by atoms with Crippen LogP contribution >= 0.6 is 35.6 Å². The van der Waals surface area contributed by atoms with Gasteiger partial charge >= 0.3 is 0 Å². The van der Waals surface area contributed by atoms with Crippen LogP contribution in [0.15, 0.2) is 29.3 Å². The minimum absolute atomic E-state index is 0. The van der Waals surface area contributed by atoms with Crippen LogP contribution in [0.2, 0.25) is 5.02 Å². The maximum absolute atomic E-state index is 12.6. The molecule has 0 atom stereocenters. The molecule has 1 aliphatic carbocycles. The Kier molecular flexibility index (Phi) is 9.49. The number of aliphatic imine (C=N–C) groups is 1. The summed E-state index contributed by atoms with van der Waals surface area (Å²) in [7, 11) is 0. The second-order valence-electron chi connectivity index (χ2n) is 7.78. The van der Waals surface area contributed by atoms with Crippen LogP contribution in [0.3, 0.4) is 0 Å². The maximum Gasteiger partial charge on any atom is 0.227 e. The predicted octanol–water partition coefficient (Wildman–Crippen LogP) is 2.92. The Morgan fingerprint density at radius 1 is 1.21 bits per heavy atom. The maximum atomic E-state index is 12.6. The van der Waals surface area contributed by atoms with Gasteiger partial charge in [-0.2, -0.15) is 0 Å². The van der Waals surface area contributed by atoms with Crippen molar-refractivity contribution in [3.63, 3.8) is 0 Å². The Hall–Kier alpha value is -1.06. The molecule has 1 aliphatic heterocycles. The van der Waals surface area contributed by atoms with Crippen molar-refractivity contribution in [1.82, 2.24) is 15.1 Å². The average molecular weight is 535 g/mol. The highest BCUT2D eigenvalue weighted by Gasteiger charge is 2.31. The Morgan fingerprint density at radius 3 is 2.48 bits per heavy atom. The summed E-state index contributed by atoms with van der Waals surface area (Å²) in [6.45, 7) is 6.11. The number of carbonyl (C=O) groups is 1. The topological polar surface area (TPSA) is 68.2 Å². The van der Waals surface area contributed by atoms with Crippen molar-refractivity contribution in [2.45, 2.75) is 44.6 Å². The number of carbonyl (C=O) groups excluding carboxylic acids is 1. The summed E-state index contributed by atoms with van der Waals surface area (Å²) in [4.78, 5) is 21.4. The van der Waals surface area contributed by atoms with Crippen molar-refractivity contribution < 1.29 is 9.90 Å². The molecule has 2 N–H and O–H groups in total. The van der Waals surface area contributed by atoms with E-state index in [1.807, 2.05) is 36.1 Å². The molecule has 0 spiro atoms. The van der Waals surface area contributed by atoms with Crippen molar-refractivity contribution >= 4 is 47.4 Å². The highest BCUT2D eigenvalue weighted by Crippen LogP contribution is 2.29. The number of nitrogens with one attached hydrogen (secondary N) is 1. The number of halogens is 2. The fourth-order valence-electron chi connectivity index (χ4n) is 3.94. The van der Waals surface area contributed by atoms with Crippen LogP contribution < -0.4 is 5.32 Å². The third kappa shape index (κ3) is 7.00. The number of aliphatic hydroxyl groups is 1. The van der Waals surface area contributed by atoms with E-state index < -0.39 is 5.60 Å². The van der Waals surface area contributed by atoms with Crippen LogP contribution in [0.25, 0.3) is 0 Å². The first kappa shape index (κ1) is 24.2. The number of guanidine groups is 1. The lowest BCUT2D eigenvalue weighted by Gasteiger charge is -2.37. The van der Waals surface area contributed by atoms with E-state index in [2.05, 4.69) is 10.2 Å². The number of piperazine rings is 1. The molecule has 1 saturated carbocycles. The van der Waals surface area contributed by atoms with E-state index in [0.29, 0.717) is 31.1 Å². The van der Waals surface area contributed by atoms with Gasteiger partial charge in [0.1, 0.15) is 0 Å². The van der Waals surface area contributed by atoms with E-state index in [1.54, 1.807) is 0 Å². The van der Waals surface area contributed by atoms with Gasteiger partial charge in [-0.1, -0.05) is 36.6 Å². The standard InChI is InChI=1S/C21H31ClN4O2.HI/c1-2-23-20(24-16-21(28)8-3-4-9-21)26-12-10-25(11-13-26)19(27)15-17-6-5-7-18(22)14-17;/h5-7,14,28H,2-4,8-13,15-16H2,1H3,(H,23,24);1H. The number of nitrogens with zero attached hydrogens (tertiary/aromatic N) is 3. The minimum atomic E-state index is -0.643. The summed E-state index contributed by atoms with van der Waals surface area (Å²) in [5.74, 6) is 0.967. The van der Waals surface area contributed by atoms with Crippen molar-refractivity contribution in [2.75, 3.05) is 39.3 Å². The normalized spacial score (nSPS) is 19.1. The van der Waals surface area contributed by atoms with Crippen LogP contribution in [-0.4, -0.2) is 71.6 Å². The van der Waals surface area contributed by atoms with Crippen molar-refractivity contribution in [1.29, 1.82) is 0 Å². The molecule has 1 amide bonds.